The van der Waals surface area contributed by atoms with Crippen LogP contribution in [0, 0.1) is 0 Å². The predicted molar refractivity (Wildman–Crippen MR) is 78.4 cm³/mol. The molecule has 0 unspecified atom stereocenters. The lowest BCUT2D eigenvalue weighted by Crippen LogP contribution is -2.01. The van der Waals surface area contributed by atoms with Crippen LogP contribution < -0.4 is 4.74 Å². The van der Waals surface area contributed by atoms with E-state index in [0.29, 0.717) is 13.0 Å². The predicted octanol–water partition coefficient (Wildman–Crippen LogP) is 5.00. The zero-order chi connectivity index (χ0) is 13.4. The molecular weight excluding hydrogens is 292 g/mol. The van der Waals surface area contributed by atoms with Crippen molar-refractivity contribution in [3.63, 3.8) is 0 Å². The van der Waals surface area contributed by atoms with Gasteiger partial charge in [0, 0.05) is 12.0 Å². The number of carbonyl (C=O) groups is 1. The van der Waals surface area contributed by atoms with Crippen molar-refractivity contribution in [2.24, 2.45) is 0 Å². The molecule has 0 spiro atoms. The lowest BCUT2D eigenvalue weighted by Gasteiger charge is -2.08. The van der Waals surface area contributed by atoms with Crippen LogP contribution in [0.4, 0.5) is 0 Å². The molecule has 100 valence electrons. The summed E-state index contributed by atoms with van der Waals surface area (Å²) in [5, 5.41) is 0. The van der Waals surface area contributed by atoms with Gasteiger partial charge in [0.05, 0.1) is 11.1 Å². The van der Waals surface area contributed by atoms with Crippen LogP contribution in [0.1, 0.15) is 56.3 Å². The Kier molecular flexibility index (Phi) is 7.02. The first-order chi connectivity index (χ1) is 8.69. The zero-order valence-electron chi connectivity index (χ0n) is 11.2. The van der Waals surface area contributed by atoms with Crippen LogP contribution in [0.25, 0.3) is 0 Å². The largest absolute Gasteiger partial charge is 0.492 e. The Bertz CT molecular complexity index is 388. The van der Waals surface area contributed by atoms with Crippen molar-refractivity contribution >= 4 is 21.7 Å². The van der Waals surface area contributed by atoms with Crippen molar-refractivity contribution in [1.82, 2.24) is 0 Å². The molecule has 3 heteroatoms. The van der Waals surface area contributed by atoms with Crippen LogP contribution in [0.3, 0.4) is 0 Å². The zero-order valence-corrected chi connectivity index (χ0v) is 12.8. The van der Waals surface area contributed by atoms with E-state index >= 15 is 0 Å². The van der Waals surface area contributed by atoms with Crippen molar-refractivity contribution in [2.75, 3.05) is 6.61 Å². The summed E-state index contributed by atoms with van der Waals surface area (Å²) in [7, 11) is 0. The van der Waals surface area contributed by atoms with Gasteiger partial charge in [0.1, 0.15) is 5.75 Å². The molecule has 0 radical (unpaired) electrons. The third-order valence-corrected chi connectivity index (χ3v) is 3.34. The average molecular weight is 313 g/mol. The molecule has 0 aliphatic carbocycles. The van der Waals surface area contributed by atoms with Gasteiger partial charge in [-0.25, -0.2) is 0 Å². The van der Waals surface area contributed by atoms with Gasteiger partial charge in [0.2, 0.25) is 0 Å². The molecule has 0 aliphatic heterocycles. The number of Topliss-reactive ketones (excluding diaryl/α,β-unsaturated/α-hetero) is 1. The maximum atomic E-state index is 11.9. The highest BCUT2D eigenvalue weighted by Crippen LogP contribution is 2.26. The van der Waals surface area contributed by atoms with E-state index in [2.05, 4.69) is 29.8 Å². The van der Waals surface area contributed by atoms with E-state index in [1.165, 1.54) is 0 Å². The van der Waals surface area contributed by atoms with E-state index in [1.807, 2.05) is 18.2 Å². The van der Waals surface area contributed by atoms with Crippen molar-refractivity contribution in [3.8, 4) is 5.75 Å². The summed E-state index contributed by atoms with van der Waals surface area (Å²) in [5.41, 5.74) is 0.766. The Morgan fingerprint density at radius 3 is 2.61 bits per heavy atom. The number of unbranched alkanes of at least 4 members (excludes halogenated alkanes) is 2. The number of ether oxygens (including phenoxy) is 1. The van der Waals surface area contributed by atoms with E-state index in [4.69, 9.17) is 4.74 Å². The number of hydrogen-bond acceptors (Lipinski definition) is 2. The van der Waals surface area contributed by atoms with Gasteiger partial charge in [0.25, 0.3) is 0 Å². The van der Waals surface area contributed by atoms with Crippen molar-refractivity contribution in [3.05, 3.63) is 28.2 Å². The van der Waals surface area contributed by atoms with Crippen LogP contribution in [-0.4, -0.2) is 12.4 Å². The third kappa shape index (κ3) is 4.81. The number of halogens is 1. The lowest BCUT2D eigenvalue weighted by molar-refractivity contribution is 0.0979. The van der Waals surface area contributed by atoms with E-state index in [0.717, 1.165) is 41.5 Å². The van der Waals surface area contributed by atoms with Crippen LogP contribution in [0.5, 0.6) is 5.75 Å². The second-order valence-corrected chi connectivity index (χ2v) is 5.23. The first kappa shape index (κ1) is 15.2. The van der Waals surface area contributed by atoms with Gasteiger partial charge in [-0.15, -0.1) is 0 Å². The molecule has 0 N–H and O–H groups in total. The first-order valence-electron chi connectivity index (χ1n) is 6.64. The smallest absolute Gasteiger partial charge is 0.162 e. The van der Waals surface area contributed by atoms with Gasteiger partial charge in [-0.1, -0.05) is 26.7 Å². The van der Waals surface area contributed by atoms with Gasteiger partial charge in [0.15, 0.2) is 5.78 Å². The monoisotopic (exact) mass is 312 g/mol. The van der Waals surface area contributed by atoms with Crippen LogP contribution in [-0.2, 0) is 0 Å². The Hall–Kier alpha value is -0.830. The molecule has 2 nitrogen and oxygen atoms in total. The maximum Gasteiger partial charge on any atom is 0.162 e. The van der Waals surface area contributed by atoms with Crippen molar-refractivity contribution < 1.29 is 9.53 Å². The minimum atomic E-state index is 0.214. The summed E-state index contributed by atoms with van der Waals surface area (Å²) in [6, 6.07) is 5.58. The SMILES string of the molecule is CCCCCC(=O)c1ccc(OCCC)c(Br)c1. The van der Waals surface area contributed by atoms with Gasteiger partial charge in [-0.05, 0) is 47.0 Å². The van der Waals surface area contributed by atoms with Crippen molar-refractivity contribution in [1.29, 1.82) is 0 Å². The van der Waals surface area contributed by atoms with Crippen LogP contribution in [0.15, 0.2) is 22.7 Å². The molecule has 0 fully saturated rings. The molecule has 18 heavy (non-hydrogen) atoms. The molecule has 1 aromatic carbocycles. The number of ketones is 1. The van der Waals surface area contributed by atoms with E-state index in [1.54, 1.807) is 0 Å². The van der Waals surface area contributed by atoms with E-state index in [9.17, 15) is 4.79 Å². The Morgan fingerprint density at radius 2 is 2.00 bits per heavy atom. The van der Waals surface area contributed by atoms with Crippen LogP contribution in [0.2, 0.25) is 0 Å². The standard InChI is InChI=1S/C15H21BrO2/c1-3-5-6-7-14(17)12-8-9-15(13(16)11-12)18-10-4-2/h8-9,11H,3-7,10H2,1-2H3. The van der Waals surface area contributed by atoms with Gasteiger partial charge < -0.3 is 4.74 Å². The fraction of sp³-hybridized carbons (Fsp3) is 0.533. The first-order valence-corrected chi connectivity index (χ1v) is 7.43. The van der Waals surface area contributed by atoms with E-state index < -0.39 is 0 Å². The molecule has 0 heterocycles. The molecule has 1 rings (SSSR count). The fourth-order valence-electron chi connectivity index (χ4n) is 1.68. The molecule has 0 bridgehead atoms. The Balaban J connectivity index is 2.62. The second kappa shape index (κ2) is 8.30. The fourth-order valence-corrected chi connectivity index (χ4v) is 2.18. The van der Waals surface area contributed by atoms with Crippen molar-refractivity contribution in [2.45, 2.75) is 46.0 Å². The van der Waals surface area contributed by atoms with Gasteiger partial charge in [-0.3, -0.25) is 4.79 Å². The third-order valence-electron chi connectivity index (χ3n) is 2.72. The van der Waals surface area contributed by atoms with Crippen LogP contribution >= 0.6 is 15.9 Å². The molecule has 0 aromatic heterocycles. The minimum Gasteiger partial charge on any atom is -0.492 e. The summed E-state index contributed by atoms with van der Waals surface area (Å²) in [6.07, 6.45) is 4.84. The van der Waals surface area contributed by atoms with E-state index in [-0.39, 0.29) is 5.78 Å². The Labute approximate surface area is 118 Å². The summed E-state index contributed by atoms with van der Waals surface area (Å²) < 4.78 is 6.42. The summed E-state index contributed by atoms with van der Waals surface area (Å²) >= 11 is 3.45. The normalized spacial score (nSPS) is 10.4. The highest BCUT2D eigenvalue weighted by Gasteiger charge is 2.08. The highest BCUT2D eigenvalue weighted by molar-refractivity contribution is 9.10. The molecule has 0 saturated carbocycles. The lowest BCUT2D eigenvalue weighted by atomic mass is 10.0. The maximum absolute atomic E-state index is 11.9. The minimum absolute atomic E-state index is 0.214. The summed E-state index contributed by atoms with van der Waals surface area (Å²) in [4.78, 5) is 11.9. The number of benzene rings is 1. The molecule has 0 amide bonds. The molecular formula is C15H21BrO2. The second-order valence-electron chi connectivity index (χ2n) is 4.37. The number of rotatable bonds is 8. The quantitative estimate of drug-likeness (QED) is 0.498. The molecule has 0 saturated heterocycles. The Morgan fingerprint density at radius 1 is 1.22 bits per heavy atom. The van der Waals surface area contributed by atoms with Gasteiger partial charge >= 0.3 is 0 Å². The topological polar surface area (TPSA) is 26.3 Å². The average Bonchev–Trinajstić information content (AvgIpc) is 2.37. The molecule has 1 aromatic rings. The van der Waals surface area contributed by atoms with Gasteiger partial charge in [-0.2, -0.15) is 0 Å². The highest BCUT2D eigenvalue weighted by atomic mass is 79.9. The molecule has 0 atom stereocenters. The molecule has 0 aliphatic rings. The summed E-state index contributed by atoms with van der Waals surface area (Å²) in [5.74, 6) is 1.02. The number of carbonyl (C=O) groups excluding carboxylic acids is 1. The summed E-state index contributed by atoms with van der Waals surface area (Å²) in [6.45, 7) is 4.91. The number of hydrogen-bond donors (Lipinski definition) is 0.